The molecule has 0 spiro atoms. The molecule has 1 aliphatic carbocycles. The zero-order valence-corrected chi connectivity index (χ0v) is 8.69. The van der Waals surface area contributed by atoms with Gasteiger partial charge in [0.15, 0.2) is 0 Å². The molecule has 0 aromatic heterocycles. The van der Waals surface area contributed by atoms with Gasteiger partial charge in [-0.1, -0.05) is 0 Å². The van der Waals surface area contributed by atoms with Crippen LogP contribution >= 0.6 is 0 Å². The summed E-state index contributed by atoms with van der Waals surface area (Å²) in [6, 6.07) is 0.589. The molecule has 1 atom stereocenters. The molecule has 0 aromatic rings. The van der Waals surface area contributed by atoms with Crippen LogP contribution in [0.1, 0.15) is 25.7 Å². The predicted molar refractivity (Wildman–Crippen MR) is 51.4 cm³/mol. The normalized spacial score (nSPS) is 29.4. The SMILES string of the molecule is FC(F)(F)N1CCC[C@@H](CNC2CC2)C1. The second-order valence-corrected chi connectivity index (χ2v) is 4.60. The largest absolute Gasteiger partial charge is 0.459 e. The lowest BCUT2D eigenvalue weighted by Crippen LogP contribution is -2.47. The van der Waals surface area contributed by atoms with Crippen LogP contribution in [-0.2, 0) is 0 Å². The van der Waals surface area contributed by atoms with E-state index in [0.717, 1.165) is 13.0 Å². The Hall–Kier alpha value is -0.290. The van der Waals surface area contributed by atoms with E-state index < -0.39 is 6.30 Å². The van der Waals surface area contributed by atoms with E-state index in [4.69, 9.17) is 0 Å². The fraction of sp³-hybridized carbons (Fsp3) is 1.00. The fourth-order valence-electron chi connectivity index (χ4n) is 2.08. The van der Waals surface area contributed by atoms with Crippen LogP contribution in [0.25, 0.3) is 0 Å². The predicted octanol–water partition coefficient (Wildman–Crippen LogP) is 1.97. The van der Waals surface area contributed by atoms with Crippen molar-refractivity contribution in [2.24, 2.45) is 5.92 Å². The molecule has 0 bridgehead atoms. The highest BCUT2D eigenvalue weighted by molar-refractivity contribution is 4.83. The van der Waals surface area contributed by atoms with Crippen molar-refractivity contribution in [2.75, 3.05) is 19.6 Å². The average Bonchev–Trinajstić information content (AvgIpc) is 2.97. The number of piperidine rings is 1. The first-order valence-corrected chi connectivity index (χ1v) is 5.61. The van der Waals surface area contributed by atoms with Crippen molar-refractivity contribution in [1.29, 1.82) is 0 Å². The van der Waals surface area contributed by atoms with E-state index in [0.29, 0.717) is 17.4 Å². The Morgan fingerprint density at radius 1 is 1.20 bits per heavy atom. The molecule has 88 valence electrons. The van der Waals surface area contributed by atoms with Crippen LogP contribution in [0.15, 0.2) is 0 Å². The molecule has 5 heteroatoms. The summed E-state index contributed by atoms with van der Waals surface area (Å²) >= 11 is 0. The summed E-state index contributed by atoms with van der Waals surface area (Å²) in [7, 11) is 0. The van der Waals surface area contributed by atoms with Crippen LogP contribution in [0, 0.1) is 5.92 Å². The van der Waals surface area contributed by atoms with Crippen molar-refractivity contribution in [3.63, 3.8) is 0 Å². The molecular formula is C10H17F3N2. The molecule has 2 fully saturated rings. The van der Waals surface area contributed by atoms with Gasteiger partial charge in [-0.05, 0) is 38.1 Å². The van der Waals surface area contributed by atoms with Crippen LogP contribution in [0.3, 0.4) is 0 Å². The van der Waals surface area contributed by atoms with E-state index in [1.54, 1.807) is 0 Å². The first-order valence-electron chi connectivity index (χ1n) is 5.61. The van der Waals surface area contributed by atoms with Crippen molar-refractivity contribution >= 4 is 0 Å². The molecule has 0 unspecified atom stereocenters. The Balaban J connectivity index is 1.75. The van der Waals surface area contributed by atoms with E-state index in [-0.39, 0.29) is 19.0 Å². The highest BCUT2D eigenvalue weighted by atomic mass is 19.4. The van der Waals surface area contributed by atoms with Crippen molar-refractivity contribution < 1.29 is 13.2 Å². The van der Waals surface area contributed by atoms with E-state index in [1.807, 2.05) is 0 Å². The monoisotopic (exact) mass is 222 g/mol. The van der Waals surface area contributed by atoms with E-state index in [1.165, 1.54) is 12.8 Å². The lowest BCUT2D eigenvalue weighted by Gasteiger charge is -2.33. The number of hydrogen-bond acceptors (Lipinski definition) is 2. The molecule has 0 aromatic carbocycles. The molecule has 0 amide bonds. The van der Waals surface area contributed by atoms with Gasteiger partial charge in [0.2, 0.25) is 0 Å². The number of rotatable bonds is 3. The van der Waals surface area contributed by atoms with Crippen LogP contribution in [0.2, 0.25) is 0 Å². The van der Waals surface area contributed by atoms with Crippen molar-refractivity contribution in [3.05, 3.63) is 0 Å². The van der Waals surface area contributed by atoms with Gasteiger partial charge < -0.3 is 5.32 Å². The van der Waals surface area contributed by atoms with Crippen molar-refractivity contribution in [3.8, 4) is 0 Å². The second-order valence-electron chi connectivity index (χ2n) is 4.60. The third kappa shape index (κ3) is 3.34. The Bertz CT molecular complexity index is 213. The molecule has 2 aliphatic rings. The van der Waals surface area contributed by atoms with Gasteiger partial charge in [-0.3, -0.25) is 0 Å². The van der Waals surface area contributed by atoms with Crippen LogP contribution < -0.4 is 5.32 Å². The number of likely N-dealkylation sites (tertiary alicyclic amines) is 1. The molecule has 1 N–H and O–H groups in total. The van der Waals surface area contributed by atoms with Crippen molar-refractivity contribution in [2.45, 2.75) is 38.0 Å². The second kappa shape index (κ2) is 4.29. The maximum absolute atomic E-state index is 12.4. The molecule has 1 aliphatic heterocycles. The average molecular weight is 222 g/mol. The molecule has 2 rings (SSSR count). The summed E-state index contributed by atoms with van der Waals surface area (Å²) in [6.07, 6.45) is -0.174. The van der Waals surface area contributed by atoms with Gasteiger partial charge in [0.1, 0.15) is 0 Å². The summed E-state index contributed by atoms with van der Waals surface area (Å²) in [5.41, 5.74) is 0. The third-order valence-electron chi connectivity index (χ3n) is 3.15. The summed E-state index contributed by atoms with van der Waals surface area (Å²) in [6.45, 7) is 1.09. The Labute approximate surface area is 87.8 Å². The highest BCUT2D eigenvalue weighted by Crippen LogP contribution is 2.28. The van der Waals surface area contributed by atoms with E-state index >= 15 is 0 Å². The van der Waals surface area contributed by atoms with Crippen LogP contribution in [0.5, 0.6) is 0 Å². The molecule has 1 saturated heterocycles. The Morgan fingerprint density at radius 3 is 2.53 bits per heavy atom. The molecule has 0 radical (unpaired) electrons. The number of nitrogens with zero attached hydrogens (tertiary/aromatic N) is 1. The van der Waals surface area contributed by atoms with Gasteiger partial charge in [0.05, 0.1) is 0 Å². The zero-order chi connectivity index (χ0) is 10.9. The van der Waals surface area contributed by atoms with E-state index in [2.05, 4.69) is 5.32 Å². The first-order chi connectivity index (χ1) is 7.05. The quantitative estimate of drug-likeness (QED) is 0.734. The van der Waals surface area contributed by atoms with Gasteiger partial charge >= 0.3 is 6.30 Å². The summed E-state index contributed by atoms with van der Waals surface area (Å²) in [5, 5.41) is 3.30. The smallest absolute Gasteiger partial charge is 0.314 e. The van der Waals surface area contributed by atoms with Gasteiger partial charge in [-0.25, -0.2) is 4.90 Å². The molecule has 15 heavy (non-hydrogen) atoms. The molecule has 1 saturated carbocycles. The topological polar surface area (TPSA) is 15.3 Å². The molecule has 2 nitrogen and oxygen atoms in total. The maximum atomic E-state index is 12.4. The summed E-state index contributed by atoms with van der Waals surface area (Å²) in [5.74, 6) is 0.168. The zero-order valence-electron chi connectivity index (χ0n) is 8.69. The standard InChI is InChI=1S/C10H17F3N2/c11-10(12,13)15-5-1-2-8(7-15)6-14-9-3-4-9/h8-9,14H,1-7H2/t8-/m0/s1. The number of nitrogens with one attached hydrogen (secondary N) is 1. The minimum atomic E-state index is -4.14. The summed E-state index contributed by atoms with van der Waals surface area (Å²) in [4.78, 5) is 0.649. The maximum Gasteiger partial charge on any atom is 0.459 e. The fourth-order valence-corrected chi connectivity index (χ4v) is 2.08. The summed E-state index contributed by atoms with van der Waals surface area (Å²) < 4.78 is 37.3. The van der Waals surface area contributed by atoms with Gasteiger partial charge in [0, 0.05) is 19.1 Å². The lowest BCUT2D eigenvalue weighted by molar-refractivity contribution is -0.253. The van der Waals surface area contributed by atoms with Gasteiger partial charge in [0.25, 0.3) is 0 Å². The molecular weight excluding hydrogens is 205 g/mol. The molecule has 1 heterocycles. The van der Waals surface area contributed by atoms with Gasteiger partial charge in [-0.15, -0.1) is 0 Å². The minimum absolute atomic E-state index is 0.168. The van der Waals surface area contributed by atoms with Crippen LogP contribution in [0.4, 0.5) is 13.2 Å². The van der Waals surface area contributed by atoms with E-state index in [9.17, 15) is 13.2 Å². The number of halogens is 3. The first kappa shape index (κ1) is 11.2. The highest BCUT2D eigenvalue weighted by Gasteiger charge is 2.39. The third-order valence-corrected chi connectivity index (χ3v) is 3.15. The van der Waals surface area contributed by atoms with Gasteiger partial charge in [-0.2, -0.15) is 13.2 Å². The lowest BCUT2D eigenvalue weighted by atomic mass is 9.98. The number of alkyl halides is 3. The minimum Gasteiger partial charge on any atom is -0.314 e. The Kier molecular flexibility index (Phi) is 3.21. The number of hydrogen-bond donors (Lipinski definition) is 1. The van der Waals surface area contributed by atoms with Crippen molar-refractivity contribution in [1.82, 2.24) is 10.2 Å². The van der Waals surface area contributed by atoms with Crippen LogP contribution in [-0.4, -0.2) is 36.9 Å². The Morgan fingerprint density at radius 2 is 1.93 bits per heavy atom.